The second kappa shape index (κ2) is 8.06. The highest BCUT2D eigenvalue weighted by atomic mass is 32.2. The highest BCUT2D eigenvalue weighted by molar-refractivity contribution is 7.89. The van der Waals surface area contributed by atoms with E-state index in [1.165, 1.54) is 27.4 Å². The Balaban J connectivity index is 1.55. The Morgan fingerprint density at radius 3 is 2.50 bits per heavy atom. The number of ether oxygens (including phenoxy) is 2. The molecule has 1 aliphatic rings. The summed E-state index contributed by atoms with van der Waals surface area (Å²) in [6.07, 6.45) is -1.50. The van der Waals surface area contributed by atoms with Gasteiger partial charge < -0.3 is 9.47 Å². The number of hydrogen-bond donors (Lipinski definition) is 0. The molecule has 0 aliphatic carbocycles. The predicted octanol–water partition coefficient (Wildman–Crippen LogP) is 1.32. The summed E-state index contributed by atoms with van der Waals surface area (Å²) in [6.45, 7) is 1.86. The fourth-order valence-corrected chi connectivity index (χ4v) is 3.83. The number of sulfonamides is 1. The van der Waals surface area contributed by atoms with Crippen LogP contribution in [0.1, 0.15) is 12.2 Å². The lowest BCUT2D eigenvalue weighted by atomic mass is 10.3. The van der Waals surface area contributed by atoms with Gasteiger partial charge in [0.1, 0.15) is 18.7 Å². The van der Waals surface area contributed by atoms with Gasteiger partial charge in [-0.25, -0.2) is 26.9 Å². The Labute approximate surface area is 149 Å². The summed E-state index contributed by atoms with van der Waals surface area (Å²) in [5.74, 6) is -0.0530. The largest absolute Gasteiger partial charge is 0.492 e. The number of nitrogens with zero attached hydrogens (tertiary/aromatic N) is 4. The first kappa shape index (κ1) is 18.7. The monoisotopic (exact) mass is 388 g/mol. The molecule has 3 rings (SSSR count). The summed E-state index contributed by atoms with van der Waals surface area (Å²) in [4.78, 5) is 3.68. The lowest BCUT2D eigenvalue weighted by molar-refractivity contribution is 0.0730. The molecule has 0 N–H and O–H groups in total. The summed E-state index contributed by atoms with van der Waals surface area (Å²) < 4.78 is 63.1. The standard InChI is InChI=1S/C15H18F2N4O4S/c16-14(17)15-18-11-20(19-15)5-10-25-12-1-3-13(4-2-12)26(22,23)21-6-8-24-9-7-21/h1-4,11,14H,5-10H2. The van der Waals surface area contributed by atoms with Crippen LogP contribution >= 0.6 is 0 Å². The van der Waals surface area contributed by atoms with Gasteiger partial charge in [-0.15, -0.1) is 5.10 Å². The Bertz CT molecular complexity index is 820. The Kier molecular flexibility index (Phi) is 5.79. The molecule has 1 aromatic heterocycles. The van der Waals surface area contributed by atoms with Crippen LogP contribution in [-0.2, 0) is 21.3 Å². The van der Waals surface area contributed by atoms with Crippen molar-refractivity contribution in [3.05, 3.63) is 36.4 Å². The second-order valence-corrected chi connectivity index (χ2v) is 7.44. The molecule has 0 radical (unpaired) electrons. The predicted molar refractivity (Wildman–Crippen MR) is 86.5 cm³/mol. The van der Waals surface area contributed by atoms with Crippen molar-refractivity contribution in [3.8, 4) is 5.75 Å². The number of hydrogen-bond acceptors (Lipinski definition) is 6. The zero-order chi connectivity index (χ0) is 18.6. The molecule has 8 nitrogen and oxygen atoms in total. The molecule has 2 heterocycles. The summed E-state index contributed by atoms with van der Waals surface area (Å²) >= 11 is 0. The van der Waals surface area contributed by atoms with Crippen molar-refractivity contribution in [2.24, 2.45) is 0 Å². The second-order valence-electron chi connectivity index (χ2n) is 5.50. The average molecular weight is 388 g/mol. The van der Waals surface area contributed by atoms with Crippen molar-refractivity contribution in [1.29, 1.82) is 0 Å². The van der Waals surface area contributed by atoms with Crippen molar-refractivity contribution >= 4 is 10.0 Å². The van der Waals surface area contributed by atoms with Crippen molar-refractivity contribution in [2.75, 3.05) is 32.9 Å². The van der Waals surface area contributed by atoms with Gasteiger partial charge in [-0.05, 0) is 24.3 Å². The fraction of sp³-hybridized carbons (Fsp3) is 0.467. The highest BCUT2D eigenvalue weighted by Crippen LogP contribution is 2.20. The molecule has 1 aromatic carbocycles. The van der Waals surface area contributed by atoms with Gasteiger partial charge in [-0.1, -0.05) is 0 Å². The number of rotatable bonds is 7. The minimum absolute atomic E-state index is 0.182. The molecule has 1 saturated heterocycles. The van der Waals surface area contributed by atoms with Crippen LogP contribution in [0.3, 0.4) is 0 Å². The molecule has 142 valence electrons. The van der Waals surface area contributed by atoms with Gasteiger partial charge in [0, 0.05) is 13.1 Å². The zero-order valence-electron chi connectivity index (χ0n) is 13.8. The quantitative estimate of drug-likeness (QED) is 0.711. The first-order valence-corrected chi connectivity index (χ1v) is 9.39. The summed E-state index contributed by atoms with van der Waals surface area (Å²) in [7, 11) is -3.54. The van der Waals surface area contributed by atoms with Crippen molar-refractivity contribution in [2.45, 2.75) is 17.9 Å². The van der Waals surface area contributed by atoms with Gasteiger partial charge in [0.2, 0.25) is 15.8 Å². The first-order valence-electron chi connectivity index (χ1n) is 7.95. The van der Waals surface area contributed by atoms with E-state index in [9.17, 15) is 17.2 Å². The molecule has 1 fully saturated rings. The highest BCUT2D eigenvalue weighted by Gasteiger charge is 2.26. The summed E-state index contributed by atoms with van der Waals surface area (Å²) in [6, 6.07) is 6.06. The first-order chi connectivity index (χ1) is 12.5. The minimum Gasteiger partial charge on any atom is -0.492 e. The molecular formula is C15H18F2N4O4S. The molecule has 26 heavy (non-hydrogen) atoms. The van der Waals surface area contributed by atoms with Crippen LogP contribution in [0.25, 0.3) is 0 Å². The van der Waals surface area contributed by atoms with E-state index < -0.39 is 22.3 Å². The topological polar surface area (TPSA) is 86.6 Å². The Morgan fingerprint density at radius 1 is 1.19 bits per heavy atom. The minimum atomic E-state index is -3.54. The van der Waals surface area contributed by atoms with E-state index in [0.717, 1.165) is 0 Å². The van der Waals surface area contributed by atoms with Crippen LogP contribution in [-0.4, -0.2) is 60.4 Å². The SMILES string of the molecule is O=S(=O)(c1ccc(OCCn2cnc(C(F)F)n2)cc1)N1CCOCC1. The van der Waals surface area contributed by atoms with Crippen LogP contribution < -0.4 is 4.74 Å². The molecular weight excluding hydrogens is 370 g/mol. The van der Waals surface area contributed by atoms with E-state index in [1.54, 1.807) is 12.1 Å². The van der Waals surface area contributed by atoms with E-state index >= 15 is 0 Å². The number of alkyl halides is 2. The van der Waals surface area contributed by atoms with Gasteiger partial charge in [0.15, 0.2) is 0 Å². The number of benzene rings is 1. The molecule has 0 spiro atoms. The lowest BCUT2D eigenvalue weighted by Gasteiger charge is -2.26. The van der Waals surface area contributed by atoms with Gasteiger partial charge in [-0.3, -0.25) is 0 Å². The van der Waals surface area contributed by atoms with Crippen LogP contribution in [0, 0.1) is 0 Å². The third kappa shape index (κ3) is 4.34. The van der Waals surface area contributed by atoms with Crippen molar-refractivity contribution in [3.63, 3.8) is 0 Å². The smallest absolute Gasteiger partial charge is 0.299 e. The molecule has 11 heteroatoms. The van der Waals surface area contributed by atoms with E-state index in [0.29, 0.717) is 32.1 Å². The lowest BCUT2D eigenvalue weighted by Crippen LogP contribution is -2.40. The molecule has 2 aromatic rings. The Hall–Kier alpha value is -2.11. The van der Waals surface area contributed by atoms with E-state index in [1.807, 2.05) is 0 Å². The van der Waals surface area contributed by atoms with E-state index in [-0.39, 0.29) is 18.0 Å². The molecule has 0 unspecified atom stereocenters. The van der Waals surface area contributed by atoms with Crippen LogP contribution in [0.15, 0.2) is 35.5 Å². The molecule has 0 amide bonds. The maximum Gasteiger partial charge on any atom is 0.299 e. The normalized spacial score (nSPS) is 16.1. The number of aromatic nitrogens is 3. The van der Waals surface area contributed by atoms with E-state index in [2.05, 4.69) is 10.1 Å². The van der Waals surface area contributed by atoms with Crippen LogP contribution in [0.2, 0.25) is 0 Å². The maximum absolute atomic E-state index is 12.5. The molecule has 0 bridgehead atoms. The van der Waals surface area contributed by atoms with Crippen LogP contribution in [0.5, 0.6) is 5.75 Å². The van der Waals surface area contributed by atoms with Gasteiger partial charge in [0.25, 0.3) is 6.43 Å². The number of halogens is 2. The molecule has 1 aliphatic heterocycles. The Morgan fingerprint density at radius 2 is 1.88 bits per heavy atom. The maximum atomic E-state index is 12.5. The number of morpholine rings is 1. The van der Waals surface area contributed by atoms with E-state index in [4.69, 9.17) is 9.47 Å². The van der Waals surface area contributed by atoms with Crippen molar-refractivity contribution in [1.82, 2.24) is 19.1 Å². The summed E-state index contributed by atoms with van der Waals surface area (Å²) in [5.41, 5.74) is 0. The van der Waals surface area contributed by atoms with Gasteiger partial charge in [0.05, 0.1) is 24.7 Å². The van der Waals surface area contributed by atoms with Crippen molar-refractivity contribution < 1.29 is 26.7 Å². The van der Waals surface area contributed by atoms with Gasteiger partial charge in [-0.2, -0.15) is 4.31 Å². The van der Waals surface area contributed by atoms with Gasteiger partial charge >= 0.3 is 0 Å². The fourth-order valence-electron chi connectivity index (χ4n) is 2.42. The molecule has 0 saturated carbocycles. The average Bonchev–Trinajstić information content (AvgIpc) is 3.12. The third-order valence-electron chi connectivity index (χ3n) is 3.77. The summed E-state index contributed by atoms with van der Waals surface area (Å²) in [5, 5.41) is 3.62. The molecule has 0 atom stereocenters. The zero-order valence-corrected chi connectivity index (χ0v) is 14.6. The third-order valence-corrected chi connectivity index (χ3v) is 5.68. The van der Waals surface area contributed by atoms with Crippen LogP contribution in [0.4, 0.5) is 8.78 Å².